The average Bonchev–Trinajstić information content (AvgIpc) is 3.32. The van der Waals surface area contributed by atoms with E-state index in [9.17, 15) is 5.26 Å². The summed E-state index contributed by atoms with van der Waals surface area (Å²) in [5.74, 6) is 1.07. The largest absolute Gasteiger partial charge is 0.373 e. The Morgan fingerprint density at radius 2 is 2.23 bits per heavy atom. The second kappa shape index (κ2) is 6.73. The fourth-order valence-corrected chi connectivity index (χ4v) is 4.28. The van der Waals surface area contributed by atoms with Gasteiger partial charge in [-0.05, 0) is 51.2 Å². The molecule has 136 valence electrons. The van der Waals surface area contributed by atoms with Crippen LogP contribution >= 0.6 is 0 Å². The predicted octanol–water partition coefficient (Wildman–Crippen LogP) is 2.98. The normalized spacial score (nSPS) is 21.6. The minimum atomic E-state index is 0.0520. The molecule has 6 nitrogen and oxygen atoms in total. The van der Waals surface area contributed by atoms with Gasteiger partial charge in [0.1, 0.15) is 11.9 Å². The monoisotopic (exact) mass is 351 g/mol. The molecule has 0 spiro atoms. The summed E-state index contributed by atoms with van der Waals surface area (Å²) in [6.45, 7) is 5.65. The van der Waals surface area contributed by atoms with Gasteiger partial charge >= 0.3 is 0 Å². The molecule has 2 aromatic rings. The zero-order valence-corrected chi connectivity index (χ0v) is 15.7. The maximum Gasteiger partial charge on any atom is 0.144 e. The van der Waals surface area contributed by atoms with Crippen molar-refractivity contribution in [3.63, 3.8) is 0 Å². The fraction of sp³-hybridized carbons (Fsp3) is 0.550. The van der Waals surface area contributed by atoms with Gasteiger partial charge in [-0.2, -0.15) is 10.4 Å². The van der Waals surface area contributed by atoms with Gasteiger partial charge in [0, 0.05) is 43.1 Å². The van der Waals surface area contributed by atoms with Gasteiger partial charge in [0.2, 0.25) is 0 Å². The molecule has 2 aromatic heterocycles. The molecule has 1 N–H and O–H groups in total. The molecule has 4 rings (SSSR count). The van der Waals surface area contributed by atoms with Crippen LogP contribution in [0.15, 0.2) is 6.07 Å². The first kappa shape index (κ1) is 17.0. The second-order valence-electron chi connectivity index (χ2n) is 7.38. The lowest BCUT2D eigenvalue weighted by atomic mass is 9.94. The number of nitriles is 1. The molecule has 2 aliphatic rings. The van der Waals surface area contributed by atoms with Crippen LogP contribution in [-0.4, -0.2) is 27.9 Å². The van der Waals surface area contributed by atoms with Crippen LogP contribution in [0.3, 0.4) is 0 Å². The summed E-state index contributed by atoms with van der Waals surface area (Å²) in [6.07, 6.45) is 4.23. The number of aromatic nitrogens is 3. The molecule has 0 bridgehead atoms. The summed E-state index contributed by atoms with van der Waals surface area (Å²) in [6, 6.07) is 4.31. The molecule has 0 radical (unpaired) electrons. The van der Waals surface area contributed by atoms with Crippen LogP contribution < -0.4 is 5.32 Å². The molecule has 0 aromatic carbocycles. The number of ether oxygens (including phenoxy) is 1. The minimum Gasteiger partial charge on any atom is -0.373 e. The van der Waals surface area contributed by atoms with E-state index in [1.165, 1.54) is 11.1 Å². The van der Waals surface area contributed by atoms with Crippen LogP contribution in [0.1, 0.15) is 52.7 Å². The molecule has 1 aliphatic carbocycles. The summed E-state index contributed by atoms with van der Waals surface area (Å²) >= 11 is 0. The van der Waals surface area contributed by atoms with Crippen LogP contribution in [0.4, 0.5) is 5.82 Å². The van der Waals surface area contributed by atoms with Crippen molar-refractivity contribution < 1.29 is 4.74 Å². The summed E-state index contributed by atoms with van der Waals surface area (Å²) in [5, 5.41) is 17.5. The van der Waals surface area contributed by atoms with Crippen LogP contribution in [0.25, 0.3) is 0 Å². The minimum absolute atomic E-state index is 0.0520. The van der Waals surface area contributed by atoms with E-state index in [4.69, 9.17) is 9.72 Å². The molecule has 26 heavy (non-hydrogen) atoms. The quantitative estimate of drug-likeness (QED) is 0.916. The molecule has 3 heterocycles. The van der Waals surface area contributed by atoms with Gasteiger partial charge in [0.15, 0.2) is 0 Å². The number of rotatable bonds is 4. The lowest BCUT2D eigenvalue weighted by molar-refractivity contribution is 0.0922. The average molecular weight is 351 g/mol. The Balaban J connectivity index is 1.54. The zero-order valence-electron chi connectivity index (χ0n) is 15.7. The lowest BCUT2D eigenvalue weighted by Crippen LogP contribution is -2.20. The zero-order chi connectivity index (χ0) is 18.3. The van der Waals surface area contributed by atoms with Gasteiger partial charge in [0.25, 0.3) is 0 Å². The van der Waals surface area contributed by atoms with Gasteiger partial charge < -0.3 is 10.1 Å². The summed E-state index contributed by atoms with van der Waals surface area (Å²) in [4.78, 5) is 4.73. The Hall–Kier alpha value is -2.39. The van der Waals surface area contributed by atoms with Gasteiger partial charge in [-0.3, -0.25) is 4.68 Å². The number of hydrogen-bond donors (Lipinski definition) is 1. The molecular weight excluding hydrogens is 326 g/mol. The van der Waals surface area contributed by atoms with Crippen molar-refractivity contribution in [2.45, 2.75) is 45.6 Å². The number of pyridine rings is 1. The standard InChI is InChI=1S/C20H25N5O/c1-12-18(13(2)25(3)24-12)19-15(7-8-26-19)11-22-20-16(10-21)9-14-5-4-6-17(14)23-20/h9,15,19H,4-8,11H2,1-3H3,(H,22,23)/t15-,19+/m1/s1. The molecular formula is C20H25N5O. The van der Waals surface area contributed by atoms with Crippen molar-refractivity contribution in [1.82, 2.24) is 14.8 Å². The number of hydrogen-bond acceptors (Lipinski definition) is 5. The second-order valence-corrected chi connectivity index (χ2v) is 7.38. The van der Waals surface area contributed by atoms with E-state index in [2.05, 4.69) is 23.4 Å². The third-order valence-corrected chi connectivity index (χ3v) is 5.77. The summed E-state index contributed by atoms with van der Waals surface area (Å²) in [5.41, 5.74) is 6.43. The van der Waals surface area contributed by atoms with Crippen LogP contribution in [0, 0.1) is 31.1 Å². The molecule has 0 saturated carbocycles. The van der Waals surface area contributed by atoms with E-state index in [-0.39, 0.29) is 6.10 Å². The topological polar surface area (TPSA) is 75.8 Å². The number of nitrogens with zero attached hydrogens (tertiary/aromatic N) is 4. The highest BCUT2D eigenvalue weighted by Crippen LogP contribution is 2.38. The van der Waals surface area contributed by atoms with Gasteiger partial charge in [0.05, 0.1) is 17.4 Å². The van der Waals surface area contributed by atoms with Crippen LogP contribution in [0.5, 0.6) is 0 Å². The van der Waals surface area contributed by atoms with Crippen LogP contribution in [-0.2, 0) is 24.6 Å². The molecule has 2 atom stereocenters. The first-order valence-corrected chi connectivity index (χ1v) is 9.37. The maximum absolute atomic E-state index is 9.48. The predicted molar refractivity (Wildman–Crippen MR) is 98.9 cm³/mol. The Morgan fingerprint density at radius 1 is 1.38 bits per heavy atom. The molecule has 0 unspecified atom stereocenters. The van der Waals surface area contributed by atoms with Crippen molar-refractivity contribution in [3.05, 3.63) is 39.8 Å². The Kier molecular flexibility index (Phi) is 4.41. The smallest absolute Gasteiger partial charge is 0.144 e. The first-order chi connectivity index (χ1) is 12.6. The maximum atomic E-state index is 9.48. The highest BCUT2D eigenvalue weighted by Gasteiger charge is 2.33. The van der Waals surface area contributed by atoms with Gasteiger partial charge in [-0.1, -0.05) is 0 Å². The molecule has 1 fully saturated rings. The summed E-state index contributed by atoms with van der Waals surface area (Å²) in [7, 11) is 1.97. The number of fused-ring (bicyclic) bond motifs is 1. The van der Waals surface area contributed by atoms with Crippen molar-refractivity contribution >= 4 is 5.82 Å². The Morgan fingerprint density at radius 3 is 2.96 bits per heavy atom. The van der Waals surface area contributed by atoms with E-state index >= 15 is 0 Å². The van der Waals surface area contributed by atoms with Crippen LogP contribution in [0.2, 0.25) is 0 Å². The van der Waals surface area contributed by atoms with Gasteiger partial charge in [-0.15, -0.1) is 0 Å². The molecule has 6 heteroatoms. The van der Waals surface area contributed by atoms with Crippen molar-refractivity contribution in [1.29, 1.82) is 5.26 Å². The number of anilines is 1. The van der Waals surface area contributed by atoms with Gasteiger partial charge in [-0.25, -0.2) is 4.98 Å². The highest BCUT2D eigenvalue weighted by atomic mass is 16.5. The fourth-order valence-electron chi connectivity index (χ4n) is 4.28. The highest BCUT2D eigenvalue weighted by molar-refractivity contribution is 5.55. The lowest BCUT2D eigenvalue weighted by Gasteiger charge is -2.20. The Bertz CT molecular complexity index is 879. The van der Waals surface area contributed by atoms with Crippen molar-refractivity contribution in [2.75, 3.05) is 18.5 Å². The number of nitrogens with one attached hydrogen (secondary N) is 1. The summed E-state index contributed by atoms with van der Waals surface area (Å²) < 4.78 is 7.99. The number of aryl methyl sites for hydroxylation is 4. The molecule has 1 saturated heterocycles. The van der Waals surface area contributed by atoms with E-state index in [0.717, 1.165) is 61.7 Å². The van der Waals surface area contributed by atoms with E-state index in [1.807, 2.05) is 24.7 Å². The Labute approximate surface area is 154 Å². The SMILES string of the molecule is Cc1nn(C)c(C)c1[C@H]1OCC[C@@H]1CNc1nc2c(cc1C#N)CCC2. The third-order valence-electron chi connectivity index (χ3n) is 5.77. The van der Waals surface area contributed by atoms with E-state index < -0.39 is 0 Å². The van der Waals surface area contributed by atoms with Crippen molar-refractivity contribution in [2.24, 2.45) is 13.0 Å². The first-order valence-electron chi connectivity index (χ1n) is 9.37. The van der Waals surface area contributed by atoms with E-state index in [1.54, 1.807) is 0 Å². The van der Waals surface area contributed by atoms with Crippen molar-refractivity contribution in [3.8, 4) is 6.07 Å². The molecule has 0 amide bonds. The molecule has 1 aliphatic heterocycles. The van der Waals surface area contributed by atoms with E-state index in [0.29, 0.717) is 11.5 Å². The third kappa shape index (κ3) is 2.86.